The predicted molar refractivity (Wildman–Crippen MR) is 97.9 cm³/mol. The zero-order valence-electron chi connectivity index (χ0n) is 14.8. The second-order valence-electron chi connectivity index (χ2n) is 7.20. The van der Waals surface area contributed by atoms with Crippen LogP contribution in [0.5, 0.6) is 5.75 Å². The molecule has 132 valence electrons. The quantitative estimate of drug-likeness (QED) is 0.757. The summed E-state index contributed by atoms with van der Waals surface area (Å²) >= 11 is 5.77. The molecular weight excluding hydrogens is 341 g/mol. The van der Waals surface area contributed by atoms with Crippen LogP contribution < -0.4 is 10.2 Å². The van der Waals surface area contributed by atoms with Gasteiger partial charge in [-0.25, -0.2) is 4.39 Å². The van der Waals surface area contributed by atoms with Gasteiger partial charge in [0.25, 0.3) is 0 Å². The average Bonchev–Trinajstić information content (AvgIpc) is 2.77. The van der Waals surface area contributed by atoms with Crippen molar-refractivity contribution in [3.05, 3.63) is 58.9 Å². The Morgan fingerprint density at radius 3 is 2.36 bits per heavy atom. The first-order chi connectivity index (χ1) is 11.7. The molecule has 0 unspecified atom stereocenters. The van der Waals surface area contributed by atoms with Gasteiger partial charge in [-0.05, 0) is 50.9 Å². The molecule has 0 radical (unpaired) electrons. The lowest BCUT2D eigenvalue weighted by molar-refractivity contribution is 0.00578. The van der Waals surface area contributed by atoms with Gasteiger partial charge < -0.3 is 14.0 Å². The van der Waals surface area contributed by atoms with E-state index in [1.165, 1.54) is 12.1 Å². The Hall–Kier alpha value is -1.56. The highest BCUT2D eigenvalue weighted by Gasteiger charge is 2.51. The van der Waals surface area contributed by atoms with Crippen LogP contribution in [0.3, 0.4) is 0 Å². The summed E-state index contributed by atoms with van der Waals surface area (Å²) in [4.78, 5) is 0. The van der Waals surface area contributed by atoms with Gasteiger partial charge in [0.15, 0.2) is 0 Å². The monoisotopic (exact) mass is 362 g/mol. The molecule has 0 bridgehead atoms. The highest BCUT2D eigenvalue weighted by atomic mass is 35.5. The van der Waals surface area contributed by atoms with E-state index in [0.29, 0.717) is 12.4 Å². The molecule has 0 amide bonds. The van der Waals surface area contributed by atoms with Gasteiger partial charge in [0.2, 0.25) is 0 Å². The molecule has 0 aromatic heterocycles. The van der Waals surface area contributed by atoms with Crippen LogP contribution in [0.4, 0.5) is 4.39 Å². The first kappa shape index (κ1) is 18.2. The Morgan fingerprint density at radius 2 is 1.72 bits per heavy atom. The van der Waals surface area contributed by atoms with Crippen LogP contribution in [0.25, 0.3) is 0 Å². The van der Waals surface area contributed by atoms with Crippen molar-refractivity contribution < 1.29 is 18.4 Å². The van der Waals surface area contributed by atoms with E-state index in [4.69, 9.17) is 25.6 Å². The summed E-state index contributed by atoms with van der Waals surface area (Å²) in [6.45, 7) is 8.45. The van der Waals surface area contributed by atoms with Gasteiger partial charge >= 0.3 is 7.12 Å². The molecule has 1 aliphatic heterocycles. The summed E-state index contributed by atoms with van der Waals surface area (Å²) in [6, 6.07) is 12.2. The molecule has 1 aliphatic rings. The van der Waals surface area contributed by atoms with E-state index in [2.05, 4.69) is 0 Å². The number of rotatable bonds is 4. The fraction of sp³-hybridized carbons (Fsp3) is 0.368. The Labute approximate surface area is 153 Å². The third kappa shape index (κ3) is 3.84. The minimum atomic E-state index is -0.461. The molecule has 0 atom stereocenters. The second kappa shape index (κ2) is 6.63. The average molecular weight is 363 g/mol. The Balaban J connectivity index is 1.71. The third-order valence-corrected chi connectivity index (χ3v) is 5.06. The zero-order valence-corrected chi connectivity index (χ0v) is 15.6. The maximum absolute atomic E-state index is 13.2. The van der Waals surface area contributed by atoms with Crippen LogP contribution in [0.1, 0.15) is 33.3 Å². The SMILES string of the molecule is CC1(C)OB(c2cccc(COc3ccc(F)c(Cl)c3)c2)OC1(C)C. The minimum Gasteiger partial charge on any atom is -0.489 e. The van der Waals surface area contributed by atoms with Gasteiger partial charge in [-0.3, -0.25) is 0 Å². The maximum Gasteiger partial charge on any atom is 0.494 e. The minimum absolute atomic E-state index is 0.0449. The van der Waals surface area contributed by atoms with E-state index in [-0.39, 0.29) is 16.2 Å². The van der Waals surface area contributed by atoms with Crippen LogP contribution in [0, 0.1) is 5.82 Å². The Bertz CT molecular complexity index is 763. The molecule has 3 rings (SSSR count). The number of hydrogen-bond acceptors (Lipinski definition) is 3. The van der Waals surface area contributed by atoms with Crippen LogP contribution in [-0.2, 0) is 15.9 Å². The molecule has 0 aliphatic carbocycles. The molecular formula is C19H21BClFO3. The Morgan fingerprint density at radius 1 is 1.04 bits per heavy atom. The molecule has 1 saturated heterocycles. The molecule has 6 heteroatoms. The zero-order chi connectivity index (χ0) is 18.2. The van der Waals surface area contributed by atoms with Gasteiger partial charge in [0.1, 0.15) is 18.2 Å². The van der Waals surface area contributed by atoms with Crippen molar-refractivity contribution in [1.29, 1.82) is 0 Å². The van der Waals surface area contributed by atoms with E-state index >= 15 is 0 Å². The normalized spacial score (nSPS) is 18.4. The summed E-state index contributed by atoms with van der Waals surface area (Å²) < 4.78 is 31.0. The van der Waals surface area contributed by atoms with E-state index in [9.17, 15) is 4.39 Å². The predicted octanol–water partition coefficient (Wildman–Crippen LogP) is 4.36. The molecule has 0 saturated carbocycles. The summed E-state index contributed by atoms with van der Waals surface area (Å²) in [5.74, 6) is 0.0595. The molecule has 0 N–H and O–H groups in total. The third-order valence-electron chi connectivity index (χ3n) is 4.77. The lowest BCUT2D eigenvalue weighted by atomic mass is 9.78. The van der Waals surface area contributed by atoms with Crippen molar-refractivity contribution in [3.63, 3.8) is 0 Å². The highest BCUT2D eigenvalue weighted by molar-refractivity contribution is 6.62. The van der Waals surface area contributed by atoms with Crippen LogP contribution >= 0.6 is 11.6 Å². The number of halogens is 2. The summed E-state index contributed by atoms with van der Waals surface area (Å²) in [5, 5.41) is 0.0449. The van der Waals surface area contributed by atoms with Gasteiger partial charge in [-0.15, -0.1) is 0 Å². The molecule has 0 spiro atoms. The lowest BCUT2D eigenvalue weighted by Gasteiger charge is -2.32. The first-order valence-electron chi connectivity index (χ1n) is 8.20. The van der Waals surface area contributed by atoms with Gasteiger partial charge in [-0.2, -0.15) is 0 Å². The fourth-order valence-electron chi connectivity index (χ4n) is 2.54. The van der Waals surface area contributed by atoms with Crippen molar-refractivity contribution in [2.24, 2.45) is 0 Å². The standard InChI is InChI=1S/C19H21BClFO3/c1-18(2)19(3,4)25-20(24-18)14-7-5-6-13(10-14)12-23-15-8-9-17(22)16(21)11-15/h5-11H,12H2,1-4H3. The van der Waals surface area contributed by atoms with E-state index in [1.807, 2.05) is 52.0 Å². The largest absolute Gasteiger partial charge is 0.494 e. The van der Waals surface area contributed by atoms with Crippen molar-refractivity contribution in [2.75, 3.05) is 0 Å². The molecule has 2 aromatic carbocycles. The van der Waals surface area contributed by atoms with E-state index in [0.717, 1.165) is 11.0 Å². The summed E-state index contributed by atoms with van der Waals surface area (Å²) in [7, 11) is -0.412. The van der Waals surface area contributed by atoms with E-state index in [1.54, 1.807) is 6.07 Å². The second-order valence-corrected chi connectivity index (χ2v) is 7.61. The number of ether oxygens (including phenoxy) is 1. The number of benzene rings is 2. The van der Waals surface area contributed by atoms with E-state index < -0.39 is 12.9 Å². The molecule has 25 heavy (non-hydrogen) atoms. The Kier molecular flexibility index (Phi) is 4.84. The first-order valence-corrected chi connectivity index (χ1v) is 8.58. The number of hydrogen-bond donors (Lipinski definition) is 0. The lowest BCUT2D eigenvalue weighted by Crippen LogP contribution is -2.41. The van der Waals surface area contributed by atoms with Crippen LogP contribution in [-0.4, -0.2) is 18.3 Å². The topological polar surface area (TPSA) is 27.7 Å². The van der Waals surface area contributed by atoms with Gasteiger partial charge in [0.05, 0.1) is 16.2 Å². The molecule has 1 heterocycles. The molecule has 2 aromatic rings. The summed E-state index contributed by atoms with van der Waals surface area (Å²) in [5.41, 5.74) is 1.15. The highest BCUT2D eigenvalue weighted by Crippen LogP contribution is 2.36. The summed E-state index contributed by atoms with van der Waals surface area (Å²) in [6.07, 6.45) is 0. The fourth-order valence-corrected chi connectivity index (χ4v) is 2.71. The smallest absolute Gasteiger partial charge is 0.489 e. The molecule has 1 fully saturated rings. The van der Waals surface area contributed by atoms with Gasteiger partial charge in [0, 0.05) is 6.07 Å². The van der Waals surface area contributed by atoms with Crippen LogP contribution in [0.2, 0.25) is 5.02 Å². The van der Waals surface area contributed by atoms with Crippen molar-refractivity contribution in [1.82, 2.24) is 0 Å². The van der Waals surface area contributed by atoms with Crippen LogP contribution in [0.15, 0.2) is 42.5 Å². The molecule has 3 nitrogen and oxygen atoms in total. The van der Waals surface area contributed by atoms with Gasteiger partial charge in [-0.1, -0.05) is 35.9 Å². The van der Waals surface area contributed by atoms with Crippen molar-refractivity contribution >= 4 is 24.2 Å². The maximum atomic E-state index is 13.2. The van der Waals surface area contributed by atoms with Crippen molar-refractivity contribution in [2.45, 2.75) is 45.5 Å². The van der Waals surface area contributed by atoms with Crippen molar-refractivity contribution in [3.8, 4) is 5.75 Å².